The van der Waals surface area contributed by atoms with Crippen LogP contribution in [-0.2, 0) is 14.8 Å². The first kappa shape index (κ1) is 17.6. The molecule has 0 saturated carbocycles. The minimum Gasteiger partial charge on any atom is -0.371 e. The predicted molar refractivity (Wildman–Crippen MR) is 89.8 cm³/mol. The number of hydrogen-bond donors (Lipinski definition) is 1. The second-order valence-electron chi connectivity index (χ2n) is 6.63. The maximum atomic E-state index is 13.7. The first-order valence-electron chi connectivity index (χ1n) is 8.43. The van der Waals surface area contributed by atoms with E-state index in [4.69, 9.17) is 4.74 Å². The molecular weight excluding hydrogens is 333 g/mol. The Morgan fingerprint density at radius 1 is 1.54 bits per heavy atom. The van der Waals surface area contributed by atoms with Crippen molar-refractivity contribution in [2.75, 3.05) is 30.8 Å². The molecule has 1 aromatic rings. The molecule has 0 bridgehead atoms. The summed E-state index contributed by atoms with van der Waals surface area (Å²) in [6.45, 7) is 3.24. The number of halogens is 1. The molecule has 24 heavy (non-hydrogen) atoms. The number of hydrogen-bond acceptors (Lipinski definition) is 5. The Balaban J connectivity index is 1.66. The molecule has 134 valence electrons. The first-order chi connectivity index (χ1) is 11.4. The molecule has 1 aromatic heterocycles. The summed E-state index contributed by atoms with van der Waals surface area (Å²) in [6, 6.07) is 2.84. The molecule has 3 heterocycles. The predicted octanol–water partition coefficient (Wildman–Crippen LogP) is 2.00. The van der Waals surface area contributed by atoms with Crippen LogP contribution in [0.15, 0.2) is 18.3 Å². The molecule has 8 heteroatoms. The summed E-state index contributed by atoms with van der Waals surface area (Å²) in [5.41, 5.74) is -0.470. The second kappa shape index (κ2) is 6.93. The number of sulfonamides is 1. The average Bonchev–Trinajstić information content (AvgIpc) is 2.92. The summed E-state index contributed by atoms with van der Waals surface area (Å²) in [5.74, 6) is -0.00662. The van der Waals surface area contributed by atoms with Gasteiger partial charge in [0.2, 0.25) is 10.0 Å². The van der Waals surface area contributed by atoms with Gasteiger partial charge in [-0.2, -0.15) is 4.31 Å². The van der Waals surface area contributed by atoms with Crippen molar-refractivity contribution in [2.24, 2.45) is 0 Å². The third-order valence-electron chi connectivity index (χ3n) is 4.67. The van der Waals surface area contributed by atoms with E-state index >= 15 is 0 Å². The van der Waals surface area contributed by atoms with Crippen molar-refractivity contribution in [3.8, 4) is 0 Å². The van der Waals surface area contributed by atoms with Gasteiger partial charge < -0.3 is 10.1 Å². The minimum atomic E-state index is -3.22. The van der Waals surface area contributed by atoms with E-state index in [2.05, 4.69) is 10.3 Å². The fraction of sp³-hybridized carbons (Fsp3) is 0.688. The van der Waals surface area contributed by atoms with Gasteiger partial charge in [0.05, 0.1) is 24.0 Å². The SMILES string of the molecule is CCCS(=O)(=O)N1CCC[C@@]2(C[C@@H](Nc3ncccc3F)CO2)C1. The van der Waals surface area contributed by atoms with Crippen LogP contribution in [0.5, 0.6) is 0 Å². The topological polar surface area (TPSA) is 71.5 Å². The van der Waals surface area contributed by atoms with Gasteiger partial charge >= 0.3 is 0 Å². The van der Waals surface area contributed by atoms with E-state index in [0.717, 1.165) is 12.8 Å². The van der Waals surface area contributed by atoms with Gasteiger partial charge in [0, 0.05) is 25.7 Å². The van der Waals surface area contributed by atoms with Crippen LogP contribution in [0.2, 0.25) is 0 Å². The summed E-state index contributed by atoms with van der Waals surface area (Å²) in [5, 5.41) is 3.08. The fourth-order valence-electron chi connectivity index (χ4n) is 3.59. The number of pyridine rings is 1. The van der Waals surface area contributed by atoms with Crippen LogP contribution in [0, 0.1) is 5.82 Å². The van der Waals surface area contributed by atoms with Crippen LogP contribution >= 0.6 is 0 Å². The van der Waals surface area contributed by atoms with Crippen molar-refractivity contribution in [1.29, 1.82) is 0 Å². The highest BCUT2D eigenvalue weighted by molar-refractivity contribution is 7.89. The van der Waals surface area contributed by atoms with E-state index in [1.165, 1.54) is 12.3 Å². The standard InChI is InChI=1S/C16H24FN3O3S/c1-2-9-24(21,22)20-8-4-6-16(12-20)10-13(11-23-16)19-15-14(17)5-3-7-18-15/h3,5,7,13H,2,4,6,8-12H2,1H3,(H,18,19)/t13-,16-/m1/s1. The van der Waals surface area contributed by atoms with Crippen LogP contribution in [0.25, 0.3) is 0 Å². The van der Waals surface area contributed by atoms with Gasteiger partial charge in [-0.05, 0) is 31.4 Å². The molecule has 0 amide bonds. The monoisotopic (exact) mass is 357 g/mol. The molecule has 2 aliphatic heterocycles. The summed E-state index contributed by atoms with van der Waals surface area (Å²) in [4.78, 5) is 4.01. The number of nitrogens with zero attached hydrogens (tertiary/aromatic N) is 2. The zero-order valence-electron chi connectivity index (χ0n) is 13.9. The third kappa shape index (κ3) is 3.70. The molecule has 2 atom stereocenters. The van der Waals surface area contributed by atoms with E-state index in [0.29, 0.717) is 32.5 Å². The molecule has 3 rings (SSSR count). The van der Waals surface area contributed by atoms with Gasteiger partial charge in [0.15, 0.2) is 11.6 Å². The van der Waals surface area contributed by atoms with Gasteiger partial charge in [-0.3, -0.25) is 0 Å². The van der Waals surface area contributed by atoms with Crippen molar-refractivity contribution in [2.45, 2.75) is 44.2 Å². The second-order valence-corrected chi connectivity index (χ2v) is 8.71. The molecule has 0 radical (unpaired) electrons. The Hall–Kier alpha value is -1.25. The lowest BCUT2D eigenvalue weighted by molar-refractivity contribution is -0.0329. The van der Waals surface area contributed by atoms with Gasteiger partial charge in [-0.25, -0.2) is 17.8 Å². The smallest absolute Gasteiger partial charge is 0.214 e. The fourth-order valence-corrected chi connectivity index (χ4v) is 5.20. The lowest BCUT2D eigenvalue weighted by Gasteiger charge is -2.39. The number of rotatable bonds is 5. The number of aromatic nitrogens is 1. The summed E-state index contributed by atoms with van der Waals surface area (Å²) >= 11 is 0. The largest absolute Gasteiger partial charge is 0.371 e. The summed E-state index contributed by atoms with van der Waals surface area (Å²) < 4.78 is 46.0. The Morgan fingerprint density at radius 3 is 3.12 bits per heavy atom. The molecule has 2 saturated heterocycles. The van der Waals surface area contributed by atoms with Crippen molar-refractivity contribution in [3.63, 3.8) is 0 Å². The molecule has 0 aromatic carbocycles. The molecule has 2 aliphatic rings. The van der Waals surface area contributed by atoms with Crippen molar-refractivity contribution in [3.05, 3.63) is 24.1 Å². The molecule has 6 nitrogen and oxygen atoms in total. The van der Waals surface area contributed by atoms with Crippen molar-refractivity contribution < 1.29 is 17.5 Å². The van der Waals surface area contributed by atoms with Crippen LogP contribution in [0.1, 0.15) is 32.6 Å². The molecule has 1 spiro atoms. The van der Waals surface area contributed by atoms with Crippen LogP contribution in [0.3, 0.4) is 0 Å². The van der Waals surface area contributed by atoms with E-state index in [9.17, 15) is 12.8 Å². The van der Waals surface area contributed by atoms with Crippen LogP contribution in [-0.4, -0.2) is 54.8 Å². The maximum Gasteiger partial charge on any atom is 0.214 e. The highest BCUT2D eigenvalue weighted by Gasteiger charge is 2.45. The van der Waals surface area contributed by atoms with Gasteiger partial charge in [0.1, 0.15) is 0 Å². The Morgan fingerprint density at radius 2 is 2.38 bits per heavy atom. The summed E-state index contributed by atoms with van der Waals surface area (Å²) in [6.07, 6.45) is 4.41. The minimum absolute atomic E-state index is 0.0665. The molecule has 0 unspecified atom stereocenters. The zero-order valence-corrected chi connectivity index (χ0v) is 14.7. The van der Waals surface area contributed by atoms with Gasteiger partial charge in [0.25, 0.3) is 0 Å². The molecule has 0 aliphatic carbocycles. The lowest BCUT2D eigenvalue weighted by Crippen LogP contribution is -2.50. The molecular formula is C16H24FN3O3S. The number of nitrogens with one attached hydrogen (secondary N) is 1. The quantitative estimate of drug-likeness (QED) is 0.873. The molecule has 2 fully saturated rings. The molecule has 1 N–H and O–H groups in total. The van der Waals surface area contributed by atoms with Gasteiger partial charge in [-0.1, -0.05) is 6.92 Å². The van der Waals surface area contributed by atoms with Crippen LogP contribution in [0.4, 0.5) is 10.2 Å². The van der Waals surface area contributed by atoms with Crippen molar-refractivity contribution >= 4 is 15.8 Å². The summed E-state index contributed by atoms with van der Waals surface area (Å²) in [7, 11) is -3.22. The Bertz CT molecular complexity index is 685. The van der Waals surface area contributed by atoms with E-state index in [1.54, 1.807) is 10.4 Å². The number of anilines is 1. The number of piperidine rings is 1. The average molecular weight is 357 g/mol. The highest BCUT2D eigenvalue weighted by Crippen LogP contribution is 2.36. The first-order valence-corrected chi connectivity index (χ1v) is 10.0. The van der Waals surface area contributed by atoms with E-state index in [-0.39, 0.29) is 17.6 Å². The maximum absolute atomic E-state index is 13.7. The van der Waals surface area contributed by atoms with E-state index < -0.39 is 21.4 Å². The van der Waals surface area contributed by atoms with Crippen molar-refractivity contribution in [1.82, 2.24) is 9.29 Å². The van der Waals surface area contributed by atoms with Gasteiger partial charge in [-0.15, -0.1) is 0 Å². The normalized spacial score (nSPS) is 28.3. The third-order valence-corrected chi connectivity index (χ3v) is 6.69. The van der Waals surface area contributed by atoms with E-state index in [1.807, 2.05) is 6.92 Å². The van der Waals surface area contributed by atoms with Crippen LogP contribution < -0.4 is 5.32 Å². The number of ether oxygens (including phenoxy) is 1. The Labute approximate surface area is 142 Å². The highest BCUT2D eigenvalue weighted by atomic mass is 32.2. The Kier molecular flexibility index (Phi) is 5.08. The zero-order chi connectivity index (χ0) is 17.2. The lowest BCUT2D eigenvalue weighted by atomic mass is 9.90.